The van der Waals surface area contributed by atoms with Gasteiger partial charge in [0.1, 0.15) is 5.82 Å². The maximum absolute atomic E-state index is 13.3. The van der Waals surface area contributed by atoms with Gasteiger partial charge in [-0.2, -0.15) is 0 Å². The van der Waals surface area contributed by atoms with Gasteiger partial charge < -0.3 is 10.1 Å². The van der Waals surface area contributed by atoms with Gasteiger partial charge in [-0.25, -0.2) is 4.39 Å². The molecule has 0 aliphatic carbocycles. The van der Waals surface area contributed by atoms with E-state index in [0.717, 1.165) is 38.0 Å². The van der Waals surface area contributed by atoms with Crippen molar-refractivity contribution in [3.63, 3.8) is 0 Å². The fraction of sp³-hybridized carbons (Fsp3) is 0.625. The van der Waals surface area contributed by atoms with Gasteiger partial charge in [-0.3, -0.25) is 0 Å². The zero-order valence-corrected chi connectivity index (χ0v) is 13.6. The molecule has 2 atom stereocenters. The van der Waals surface area contributed by atoms with Crippen LogP contribution in [0.5, 0.6) is 0 Å². The molecule has 1 aliphatic heterocycles. The van der Waals surface area contributed by atoms with E-state index in [0.29, 0.717) is 16.6 Å². The van der Waals surface area contributed by atoms with Crippen LogP contribution in [0.25, 0.3) is 0 Å². The van der Waals surface area contributed by atoms with Crippen LogP contribution in [0.2, 0.25) is 0 Å². The van der Waals surface area contributed by atoms with Crippen molar-refractivity contribution >= 4 is 15.9 Å². The van der Waals surface area contributed by atoms with Crippen LogP contribution in [-0.4, -0.2) is 19.3 Å². The second-order valence-corrected chi connectivity index (χ2v) is 6.20. The molecule has 0 spiro atoms. The number of ether oxygens (including phenoxy) is 1. The summed E-state index contributed by atoms with van der Waals surface area (Å²) < 4.78 is 19.5. The molecular weight excluding hydrogens is 321 g/mol. The Bertz CT molecular complexity index is 421. The minimum absolute atomic E-state index is 0.205. The Kier molecular flexibility index (Phi) is 6.46. The summed E-state index contributed by atoms with van der Waals surface area (Å²) in [7, 11) is 0. The molecule has 1 heterocycles. The third-order valence-corrected chi connectivity index (χ3v) is 4.45. The molecule has 0 bridgehead atoms. The molecule has 20 heavy (non-hydrogen) atoms. The van der Waals surface area contributed by atoms with Crippen molar-refractivity contribution in [2.24, 2.45) is 0 Å². The molecule has 112 valence electrons. The third kappa shape index (κ3) is 4.54. The normalized spacial score (nSPS) is 20.2. The highest BCUT2D eigenvalue weighted by atomic mass is 79.9. The van der Waals surface area contributed by atoms with Crippen LogP contribution in [0.1, 0.15) is 50.6 Å². The average Bonchev–Trinajstić information content (AvgIpc) is 2.94. The van der Waals surface area contributed by atoms with Gasteiger partial charge in [-0.05, 0) is 72.3 Å². The van der Waals surface area contributed by atoms with E-state index < -0.39 is 0 Å². The van der Waals surface area contributed by atoms with Crippen LogP contribution < -0.4 is 5.32 Å². The lowest BCUT2D eigenvalue weighted by Crippen LogP contribution is -2.21. The monoisotopic (exact) mass is 343 g/mol. The number of halogens is 2. The van der Waals surface area contributed by atoms with Crippen LogP contribution in [0.4, 0.5) is 4.39 Å². The van der Waals surface area contributed by atoms with Crippen LogP contribution in [0, 0.1) is 5.82 Å². The van der Waals surface area contributed by atoms with Crippen LogP contribution in [-0.2, 0) is 4.74 Å². The predicted molar refractivity (Wildman–Crippen MR) is 83.3 cm³/mol. The van der Waals surface area contributed by atoms with Crippen LogP contribution >= 0.6 is 15.9 Å². The molecule has 1 aliphatic rings. The number of benzene rings is 1. The summed E-state index contributed by atoms with van der Waals surface area (Å²) in [4.78, 5) is 0. The van der Waals surface area contributed by atoms with Crippen molar-refractivity contribution in [3.05, 3.63) is 34.1 Å². The van der Waals surface area contributed by atoms with Gasteiger partial charge >= 0.3 is 0 Å². The molecule has 0 aromatic heterocycles. The number of nitrogens with one attached hydrogen (secondary N) is 1. The summed E-state index contributed by atoms with van der Waals surface area (Å²) in [5.74, 6) is -0.205. The van der Waals surface area contributed by atoms with Crippen molar-refractivity contribution in [2.75, 3.05) is 13.2 Å². The molecule has 1 fully saturated rings. The summed E-state index contributed by atoms with van der Waals surface area (Å²) in [5, 5.41) is 3.49. The maximum Gasteiger partial charge on any atom is 0.137 e. The van der Waals surface area contributed by atoms with E-state index in [9.17, 15) is 4.39 Å². The van der Waals surface area contributed by atoms with E-state index >= 15 is 0 Å². The molecule has 1 aromatic rings. The fourth-order valence-corrected chi connectivity index (χ4v) is 3.18. The zero-order chi connectivity index (χ0) is 14.4. The molecule has 2 rings (SSSR count). The molecule has 4 heteroatoms. The lowest BCUT2D eigenvalue weighted by atomic mass is 9.99. The van der Waals surface area contributed by atoms with Gasteiger partial charge in [0.25, 0.3) is 0 Å². The van der Waals surface area contributed by atoms with Gasteiger partial charge in [-0.1, -0.05) is 13.0 Å². The Morgan fingerprint density at radius 2 is 2.35 bits per heavy atom. The maximum atomic E-state index is 13.3. The standard InChI is InChI=1S/C16H23BrFNO/c1-2-19-16(7-3-5-13-6-4-10-20-13)12-8-9-15(18)14(17)11-12/h8-9,11,13,16,19H,2-7,10H2,1H3. The Labute approximate surface area is 129 Å². The fourth-order valence-electron chi connectivity index (χ4n) is 2.78. The lowest BCUT2D eigenvalue weighted by Gasteiger charge is -2.19. The average molecular weight is 344 g/mol. The number of hydrogen-bond acceptors (Lipinski definition) is 2. The van der Waals surface area contributed by atoms with Crippen molar-refractivity contribution in [1.29, 1.82) is 0 Å². The number of hydrogen-bond donors (Lipinski definition) is 1. The Morgan fingerprint density at radius 3 is 3.00 bits per heavy atom. The highest BCUT2D eigenvalue weighted by Crippen LogP contribution is 2.26. The highest BCUT2D eigenvalue weighted by molar-refractivity contribution is 9.10. The lowest BCUT2D eigenvalue weighted by molar-refractivity contribution is 0.101. The topological polar surface area (TPSA) is 21.3 Å². The van der Waals surface area contributed by atoms with Crippen LogP contribution in [0.15, 0.2) is 22.7 Å². The van der Waals surface area contributed by atoms with Crippen molar-refractivity contribution in [1.82, 2.24) is 5.32 Å². The second-order valence-electron chi connectivity index (χ2n) is 5.35. The predicted octanol–water partition coefficient (Wildman–Crippen LogP) is 4.59. The summed E-state index contributed by atoms with van der Waals surface area (Å²) in [6.07, 6.45) is 6.19. The highest BCUT2D eigenvalue weighted by Gasteiger charge is 2.17. The Balaban J connectivity index is 1.89. The largest absolute Gasteiger partial charge is 0.378 e. The first-order valence-corrected chi connectivity index (χ1v) is 8.30. The molecule has 2 unspecified atom stereocenters. The molecule has 0 radical (unpaired) electrons. The first-order valence-electron chi connectivity index (χ1n) is 7.50. The van der Waals surface area contributed by atoms with Gasteiger partial charge in [-0.15, -0.1) is 0 Å². The van der Waals surface area contributed by atoms with Crippen molar-refractivity contribution < 1.29 is 9.13 Å². The van der Waals surface area contributed by atoms with Crippen molar-refractivity contribution in [2.45, 2.75) is 51.2 Å². The van der Waals surface area contributed by atoms with E-state index in [1.54, 1.807) is 0 Å². The number of rotatable bonds is 7. The minimum Gasteiger partial charge on any atom is -0.378 e. The van der Waals surface area contributed by atoms with E-state index in [-0.39, 0.29) is 5.82 Å². The summed E-state index contributed by atoms with van der Waals surface area (Å²) in [6, 6.07) is 5.58. The molecule has 1 saturated heterocycles. The first-order chi connectivity index (χ1) is 9.70. The minimum atomic E-state index is -0.205. The van der Waals surface area contributed by atoms with E-state index in [1.807, 2.05) is 12.1 Å². The summed E-state index contributed by atoms with van der Waals surface area (Å²) in [6.45, 7) is 3.94. The Morgan fingerprint density at radius 1 is 1.50 bits per heavy atom. The molecule has 1 N–H and O–H groups in total. The Hall–Kier alpha value is -0.450. The van der Waals surface area contributed by atoms with Crippen molar-refractivity contribution in [3.8, 4) is 0 Å². The summed E-state index contributed by atoms with van der Waals surface area (Å²) >= 11 is 3.26. The smallest absolute Gasteiger partial charge is 0.137 e. The van der Waals surface area contributed by atoms with E-state index in [2.05, 4.69) is 28.2 Å². The van der Waals surface area contributed by atoms with Gasteiger partial charge in [0, 0.05) is 12.6 Å². The molecule has 0 amide bonds. The van der Waals surface area contributed by atoms with E-state index in [4.69, 9.17) is 4.74 Å². The zero-order valence-electron chi connectivity index (χ0n) is 12.0. The first kappa shape index (κ1) is 15.9. The van der Waals surface area contributed by atoms with Gasteiger partial charge in [0.2, 0.25) is 0 Å². The van der Waals surface area contributed by atoms with E-state index in [1.165, 1.54) is 18.9 Å². The SMILES string of the molecule is CCNC(CCCC1CCCO1)c1ccc(F)c(Br)c1. The molecular formula is C16H23BrFNO. The molecule has 1 aromatic carbocycles. The quantitative estimate of drug-likeness (QED) is 0.781. The second kappa shape index (κ2) is 8.11. The van der Waals surface area contributed by atoms with Gasteiger partial charge in [0.15, 0.2) is 0 Å². The third-order valence-electron chi connectivity index (χ3n) is 3.84. The summed E-state index contributed by atoms with van der Waals surface area (Å²) in [5.41, 5.74) is 1.15. The molecule has 0 saturated carbocycles. The molecule has 2 nitrogen and oxygen atoms in total. The van der Waals surface area contributed by atoms with Crippen LogP contribution in [0.3, 0.4) is 0 Å². The van der Waals surface area contributed by atoms with Gasteiger partial charge in [0.05, 0.1) is 10.6 Å².